The number of hydrogen-bond donors (Lipinski definition) is 0. The summed E-state index contributed by atoms with van der Waals surface area (Å²) in [7, 11) is 0. The van der Waals surface area contributed by atoms with Gasteiger partial charge in [-0.25, -0.2) is 4.98 Å². The lowest BCUT2D eigenvalue weighted by molar-refractivity contribution is -0.116. The van der Waals surface area contributed by atoms with Crippen LogP contribution in [0.4, 0.5) is 0 Å². The lowest BCUT2D eigenvalue weighted by Crippen LogP contribution is -2.05. The lowest BCUT2D eigenvalue weighted by atomic mass is 10.1. The van der Waals surface area contributed by atoms with Crippen LogP contribution in [0.5, 0.6) is 5.75 Å². The minimum Gasteiger partial charge on any atom is -0.486 e. The molecule has 0 N–H and O–H groups in total. The molecule has 2 aromatic rings. The van der Waals surface area contributed by atoms with Crippen LogP contribution < -0.4 is 4.74 Å². The molecule has 0 amide bonds. The van der Waals surface area contributed by atoms with Gasteiger partial charge in [0.15, 0.2) is 0 Å². The normalized spacial score (nSPS) is 10.4. The van der Waals surface area contributed by atoms with Gasteiger partial charge in [0.05, 0.1) is 0 Å². The summed E-state index contributed by atoms with van der Waals surface area (Å²) in [5, 5.41) is 0. The van der Waals surface area contributed by atoms with Crippen LogP contribution in [-0.4, -0.2) is 15.3 Å². The molecule has 19 heavy (non-hydrogen) atoms. The van der Waals surface area contributed by atoms with E-state index in [0.717, 1.165) is 23.7 Å². The number of aryl methyl sites for hydroxylation is 1. The minimum absolute atomic E-state index is 0.165. The van der Waals surface area contributed by atoms with E-state index in [0.29, 0.717) is 13.0 Å². The quantitative estimate of drug-likeness (QED) is 0.800. The fourth-order valence-corrected chi connectivity index (χ4v) is 1.91. The number of Topliss-reactive ketones (excluding diaryl/α,β-unsaturated/α-hetero) is 1. The van der Waals surface area contributed by atoms with E-state index in [4.69, 9.17) is 4.74 Å². The predicted octanol–water partition coefficient (Wildman–Crippen LogP) is 2.61. The van der Waals surface area contributed by atoms with Crippen LogP contribution in [0.3, 0.4) is 0 Å². The van der Waals surface area contributed by atoms with Crippen molar-refractivity contribution in [3.8, 4) is 5.75 Å². The number of carbonyl (C=O) groups is 1. The van der Waals surface area contributed by atoms with Crippen LogP contribution in [-0.2, 0) is 24.4 Å². The van der Waals surface area contributed by atoms with Gasteiger partial charge in [-0.3, -0.25) is 4.79 Å². The highest BCUT2D eigenvalue weighted by molar-refractivity contribution is 5.78. The van der Waals surface area contributed by atoms with E-state index in [1.807, 2.05) is 35.0 Å². The average Bonchev–Trinajstić information content (AvgIpc) is 2.84. The molecule has 1 aromatic carbocycles. The Morgan fingerprint density at radius 2 is 2.05 bits per heavy atom. The second-order valence-electron chi connectivity index (χ2n) is 4.44. The van der Waals surface area contributed by atoms with Crippen molar-refractivity contribution in [2.24, 2.45) is 0 Å². The highest BCUT2D eigenvalue weighted by Gasteiger charge is 2.03. The molecule has 0 radical (unpaired) electrons. The molecular formula is C15H18N2O2. The van der Waals surface area contributed by atoms with Crippen molar-refractivity contribution in [1.29, 1.82) is 0 Å². The average molecular weight is 258 g/mol. The molecule has 4 nitrogen and oxygen atoms in total. The molecule has 4 heteroatoms. The summed E-state index contributed by atoms with van der Waals surface area (Å²) in [6, 6.07) is 7.61. The molecule has 1 aromatic heterocycles. The van der Waals surface area contributed by atoms with Crippen LogP contribution >= 0.6 is 0 Å². The Hall–Kier alpha value is -2.10. The summed E-state index contributed by atoms with van der Waals surface area (Å²) in [6.07, 6.45) is 4.19. The second-order valence-corrected chi connectivity index (χ2v) is 4.44. The van der Waals surface area contributed by atoms with E-state index in [1.165, 1.54) is 0 Å². The fourth-order valence-electron chi connectivity index (χ4n) is 1.91. The standard InChI is InChI=1S/C15H18N2O2/c1-3-17-9-8-16-15(17)11-19-14-6-4-13(5-7-14)10-12(2)18/h4-9H,3,10-11H2,1-2H3. The molecule has 0 aliphatic heterocycles. The molecule has 0 fully saturated rings. The number of ether oxygens (including phenoxy) is 1. The molecule has 100 valence electrons. The zero-order chi connectivity index (χ0) is 13.7. The minimum atomic E-state index is 0.165. The topological polar surface area (TPSA) is 44.1 Å². The monoisotopic (exact) mass is 258 g/mol. The maximum absolute atomic E-state index is 11.0. The van der Waals surface area contributed by atoms with Crippen LogP contribution in [0.25, 0.3) is 0 Å². The van der Waals surface area contributed by atoms with E-state index in [-0.39, 0.29) is 5.78 Å². The van der Waals surface area contributed by atoms with Gasteiger partial charge >= 0.3 is 0 Å². The van der Waals surface area contributed by atoms with Gasteiger partial charge in [-0.05, 0) is 31.5 Å². The highest BCUT2D eigenvalue weighted by atomic mass is 16.5. The number of hydrogen-bond acceptors (Lipinski definition) is 3. The number of imidazole rings is 1. The molecule has 0 aliphatic carbocycles. The van der Waals surface area contributed by atoms with Gasteiger partial charge in [0, 0.05) is 25.4 Å². The zero-order valence-electron chi connectivity index (χ0n) is 11.3. The lowest BCUT2D eigenvalue weighted by Gasteiger charge is -2.08. The fraction of sp³-hybridized carbons (Fsp3) is 0.333. The van der Waals surface area contributed by atoms with Gasteiger partial charge in [0.25, 0.3) is 0 Å². The van der Waals surface area contributed by atoms with Crippen LogP contribution in [0.2, 0.25) is 0 Å². The van der Waals surface area contributed by atoms with E-state index < -0.39 is 0 Å². The smallest absolute Gasteiger partial charge is 0.146 e. The van der Waals surface area contributed by atoms with E-state index in [2.05, 4.69) is 11.9 Å². The van der Waals surface area contributed by atoms with Crippen LogP contribution in [0.1, 0.15) is 25.2 Å². The molecule has 0 saturated heterocycles. The van der Waals surface area contributed by atoms with Crippen molar-refractivity contribution in [1.82, 2.24) is 9.55 Å². The first-order chi connectivity index (χ1) is 9.19. The third-order valence-electron chi connectivity index (χ3n) is 2.89. The van der Waals surface area contributed by atoms with Gasteiger partial charge in [-0.2, -0.15) is 0 Å². The van der Waals surface area contributed by atoms with Crippen molar-refractivity contribution in [3.05, 3.63) is 48.0 Å². The van der Waals surface area contributed by atoms with Gasteiger partial charge in [-0.15, -0.1) is 0 Å². The van der Waals surface area contributed by atoms with Crippen molar-refractivity contribution in [2.45, 2.75) is 33.4 Å². The maximum atomic E-state index is 11.0. The third kappa shape index (κ3) is 3.68. The first kappa shape index (κ1) is 13.3. The summed E-state index contributed by atoms with van der Waals surface area (Å²) < 4.78 is 7.73. The Bertz CT molecular complexity index is 544. The molecule has 1 heterocycles. The number of ketones is 1. The largest absolute Gasteiger partial charge is 0.486 e. The number of nitrogens with zero attached hydrogens (tertiary/aromatic N) is 2. The van der Waals surface area contributed by atoms with Crippen molar-refractivity contribution in [2.75, 3.05) is 0 Å². The van der Waals surface area contributed by atoms with Crippen LogP contribution in [0.15, 0.2) is 36.7 Å². The van der Waals surface area contributed by atoms with E-state index in [1.54, 1.807) is 13.1 Å². The van der Waals surface area contributed by atoms with Crippen molar-refractivity contribution < 1.29 is 9.53 Å². The Balaban J connectivity index is 1.94. The Morgan fingerprint density at radius 3 is 2.68 bits per heavy atom. The molecule has 0 bridgehead atoms. The molecular weight excluding hydrogens is 240 g/mol. The van der Waals surface area contributed by atoms with Gasteiger partial charge < -0.3 is 9.30 Å². The van der Waals surface area contributed by atoms with Crippen molar-refractivity contribution in [3.63, 3.8) is 0 Å². The maximum Gasteiger partial charge on any atom is 0.146 e. The predicted molar refractivity (Wildman–Crippen MR) is 73.1 cm³/mol. The third-order valence-corrected chi connectivity index (χ3v) is 2.89. The second kappa shape index (κ2) is 6.18. The summed E-state index contributed by atoms with van der Waals surface area (Å²) in [4.78, 5) is 15.3. The number of carbonyl (C=O) groups excluding carboxylic acids is 1. The van der Waals surface area contributed by atoms with E-state index >= 15 is 0 Å². The van der Waals surface area contributed by atoms with Crippen LogP contribution in [0, 0.1) is 0 Å². The Morgan fingerprint density at radius 1 is 1.32 bits per heavy atom. The zero-order valence-corrected chi connectivity index (χ0v) is 11.3. The highest BCUT2D eigenvalue weighted by Crippen LogP contribution is 2.14. The SMILES string of the molecule is CCn1ccnc1COc1ccc(CC(C)=O)cc1. The molecule has 2 rings (SSSR count). The molecule has 0 spiro atoms. The molecule has 0 atom stereocenters. The van der Waals surface area contributed by atoms with Gasteiger partial charge in [-0.1, -0.05) is 12.1 Å². The summed E-state index contributed by atoms with van der Waals surface area (Å²) in [5.74, 6) is 1.87. The molecule has 0 saturated carbocycles. The number of aromatic nitrogens is 2. The Kier molecular flexibility index (Phi) is 4.34. The van der Waals surface area contributed by atoms with Gasteiger partial charge in [0.1, 0.15) is 24.0 Å². The summed E-state index contributed by atoms with van der Waals surface area (Å²) >= 11 is 0. The summed E-state index contributed by atoms with van der Waals surface area (Å²) in [5.41, 5.74) is 1.01. The van der Waals surface area contributed by atoms with Crippen molar-refractivity contribution >= 4 is 5.78 Å². The number of rotatable bonds is 6. The van der Waals surface area contributed by atoms with Gasteiger partial charge in [0.2, 0.25) is 0 Å². The molecule has 0 aliphatic rings. The first-order valence-electron chi connectivity index (χ1n) is 6.40. The Labute approximate surface area is 113 Å². The summed E-state index contributed by atoms with van der Waals surface area (Å²) in [6.45, 7) is 5.00. The number of benzene rings is 1. The van der Waals surface area contributed by atoms with E-state index in [9.17, 15) is 4.79 Å². The molecule has 0 unspecified atom stereocenters. The first-order valence-corrected chi connectivity index (χ1v) is 6.40.